The first kappa shape index (κ1) is 11.9. The maximum Gasteiger partial charge on any atom is 0.313 e. The molecule has 5 heteroatoms. The van der Waals surface area contributed by atoms with E-state index >= 15 is 0 Å². The SMILES string of the molecule is COC(=O)[C@@H](CNC(C)=O)[C@@H](C)O. The molecule has 2 N–H and O–H groups in total. The number of carbonyl (C=O) groups is 2. The molecule has 5 nitrogen and oxygen atoms in total. The van der Waals surface area contributed by atoms with Gasteiger partial charge in [-0.15, -0.1) is 0 Å². The van der Waals surface area contributed by atoms with E-state index in [9.17, 15) is 14.7 Å². The van der Waals surface area contributed by atoms with Gasteiger partial charge in [-0.05, 0) is 6.92 Å². The molecule has 0 heterocycles. The van der Waals surface area contributed by atoms with Crippen LogP contribution in [0.25, 0.3) is 0 Å². The Morgan fingerprint density at radius 2 is 2.08 bits per heavy atom. The van der Waals surface area contributed by atoms with Gasteiger partial charge >= 0.3 is 5.97 Å². The van der Waals surface area contributed by atoms with E-state index in [2.05, 4.69) is 10.1 Å². The first-order chi connectivity index (χ1) is 5.99. The predicted molar refractivity (Wildman–Crippen MR) is 45.9 cm³/mol. The fourth-order valence-electron chi connectivity index (χ4n) is 0.856. The highest BCUT2D eigenvalue weighted by atomic mass is 16.5. The summed E-state index contributed by atoms with van der Waals surface area (Å²) in [5.41, 5.74) is 0. The molecule has 0 spiro atoms. The van der Waals surface area contributed by atoms with Crippen LogP contribution in [0.5, 0.6) is 0 Å². The summed E-state index contributed by atoms with van der Waals surface area (Å²) in [5, 5.41) is 11.6. The second-order valence-electron chi connectivity index (χ2n) is 2.81. The van der Waals surface area contributed by atoms with Crippen LogP contribution in [-0.2, 0) is 14.3 Å². The van der Waals surface area contributed by atoms with E-state index in [-0.39, 0.29) is 12.5 Å². The second-order valence-corrected chi connectivity index (χ2v) is 2.81. The summed E-state index contributed by atoms with van der Waals surface area (Å²) < 4.78 is 4.46. The van der Waals surface area contributed by atoms with Gasteiger partial charge < -0.3 is 15.2 Å². The highest BCUT2D eigenvalue weighted by molar-refractivity contribution is 5.76. The van der Waals surface area contributed by atoms with Gasteiger partial charge in [0, 0.05) is 13.5 Å². The summed E-state index contributed by atoms with van der Waals surface area (Å²) in [6.07, 6.45) is -0.834. The number of ether oxygens (including phenoxy) is 1. The van der Waals surface area contributed by atoms with Crippen molar-refractivity contribution in [3.8, 4) is 0 Å². The van der Waals surface area contributed by atoms with Crippen molar-refractivity contribution in [2.75, 3.05) is 13.7 Å². The van der Waals surface area contributed by atoms with Crippen molar-refractivity contribution in [2.45, 2.75) is 20.0 Å². The lowest BCUT2D eigenvalue weighted by atomic mass is 10.0. The van der Waals surface area contributed by atoms with Gasteiger partial charge in [0.25, 0.3) is 0 Å². The first-order valence-electron chi connectivity index (χ1n) is 3.99. The van der Waals surface area contributed by atoms with Crippen molar-refractivity contribution in [1.29, 1.82) is 0 Å². The molecule has 0 saturated heterocycles. The van der Waals surface area contributed by atoms with Crippen molar-refractivity contribution in [3.63, 3.8) is 0 Å². The van der Waals surface area contributed by atoms with Gasteiger partial charge in [0.1, 0.15) is 0 Å². The molecule has 0 unspecified atom stereocenters. The van der Waals surface area contributed by atoms with Crippen LogP contribution >= 0.6 is 0 Å². The van der Waals surface area contributed by atoms with Crippen LogP contribution in [0.2, 0.25) is 0 Å². The van der Waals surface area contributed by atoms with Crippen LogP contribution in [0, 0.1) is 5.92 Å². The highest BCUT2D eigenvalue weighted by Crippen LogP contribution is 2.04. The molecule has 0 radical (unpaired) electrons. The number of esters is 1. The first-order valence-corrected chi connectivity index (χ1v) is 3.99. The van der Waals surface area contributed by atoms with Gasteiger partial charge in [0.05, 0.1) is 19.1 Å². The van der Waals surface area contributed by atoms with E-state index in [1.165, 1.54) is 21.0 Å². The number of amides is 1. The molecule has 0 aromatic carbocycles. The molecule has 0 aliphatic rings. The van der Waals surface area contributed by atoms with E-state index in [1.54, 1.807) is 0 Å². The number of hydrogen-bond acceptors (Lipinski definition) is 4. The monoisotopic (exact) mass is 189 g/mol. The van der Waals surface area contributed by atoms with E-state index in [0.717, 1.165) is 0 Å². The average molecular weight is 189 g/mol. The molecule has 0 aromatic rings. The molecule has 0 bridgehead atoms. The van der Waals surface area contributed by atoms with Gasteiger partial charge in [0.2, 0.25) is 5.91 Å². The summed E-state index contributed by atoms with van der Waals surface area (Å²) in [6, 6.07) is 0. The van der Waals surface area contributed by atoms with Crippen molar-refractivity contribution in [2.24, 2.45) is 5.92 Å². The standard InChI is InChI=1S/C8H15NO4/c1-5(10)7(8(12)13-3)4-9-6(2)11/h5,7,10H,4H2,1-3H3,(H,9,11)/t5-,7+/m1/s1. The molecular formula is C8H15NO4. The normalized spacial score (nSPS) is 14.5. The number of hydrogen-bond donors (Lipinski definition) is 2. The van der Waals surface area contributed by atoms with Crippen LogP contribution in [0.4, 0.5) is 0 Å². The number of carbonyl (C=O) groups excluding carboxylic acids is 2. The molecule has 2 atom stereocenters. The maximum absolute atomic E-state index is 11.0. The van der Waals surface area contributed by atoms with Crippen molar-refractivity contribution < 1.29 is 19.4 Å². The number of aliphatic hydroxyl groups is 1. The molecule has 0 saturated carbocycles. The van der Waals surface area contributed by atoms with Crippen LogP contribution < -0.4 is 5.32 Å². The molecule has 0 aromatic heterocycles. The Balaban J connectivity index is 4.10. The van der Waals surface area contributed by atoms with Crippen LogP contribution in [0.15, 0.2) is 0 Å². The van der Waals surface area contributed by atoms with E-state index < -0.39 is 18.0 Å². The van der Waals surface area contributed by atoms with Gasteiger partial charge in [-0.2, -0.15) is 0 Å². The molecule has 0 aliphatic heterocycles. The van der Waals surface area contributed by atoms with Crippen LogP contribution in [0.1, 0.15) is 13.8 Å². The summed E-state index contributed by atoms with van der Waals surface area (Å²) in [5.74, 6) is -1.47. The van der Waals surface area contributed by atoms with Gasteiger partial charge in [-0.25, -0.2) is 0 Å². The highest BCUT2D eigenvalue weighted by Gasteiger charge is 2.24. The molecule has 13 heavy (non-hydrogen) atoms. The van der Waals surface area contributed by atoms with Crippen LogP contribution in [0.3, 0.4) is 0 Å². The second kappa shape index (κ2) is 5.53. The summed E-state index contributed by atoms with van der Waals surface area (Å²) in [6.45, 7) is 2.92. The number of rotatable bonds is 4. The zero-order chi connectivity index (χ0) is 10.4. The lowest BCUT2D eigenvalue weighted by Gasteiger charge is -2.17. The van der Waals surface area contributed by atoms with E-state index in [0.29, 0.717) is 0 Å². The summed E-state index contributed by atoms with van der Waals surface area (Å²) in [7, 11) is 1.24. The Hall–Kier alpha value is -1.10. The fourth-order valence-corrected chi connectivity index (χ4v) is 0.856. The Kier molecular flexibility index (Phi) is 5.06. The summed E-state index contributed by atoms with van der Waals surface area (Å²) in [4.78, 5) is 21.6. The Morgan fingerprint density at radius 1 is 1.54 bits per heavy atom. The van der Waals surface area contributed by atoms with E-state index in [4.69, 9.17) is 0 Å². The zero-order valence-electron chi connectivity index (χ0n) is 8.03. The quantitative estimate of drug-likeness (QED) is 0.573. The molecule has 76 valence electrons. The molecular weight excluding hydrogens is 174 g/mol. The minimum atomic E-state index is -0.834. The van der Waals surface area contributed by atoms with Crippen molar-refractivity contribution in [1.82, 2.24) is 5.32 Å². The smallest absolute Gasteiger partial charge is 0.313 e. The largest absolute Gasteiger partial charge is 0.469 e. The van der Waals surface area contributed by atoms with Crippen molar-refractivity contribution >= 4 is 11.9 Å². The van der Waals surface area contributed by atoms with Crippen molar-refractivity contribution in [3.05, 3.63) is 0 Å². The predicted octanol–water partition coefficient (Wildman–Crippen LogP) is -0.707. The van der Waals surface area contributed by atoms with Gasteiger partial charge in [-0.3, -0.25) is 9.59 Å². The Morgan fingerprint density at radius 3 is 2.38 bits per heavy atom. The lowest BCUT2D eigenvalue weighted by molar-refractivity contribution is -0.148. The minimum Gasteiger partial charge on any atom is -0.469 e. The van der Waals surface area contributed by atoms with Gasteiger partial charge in [-0.1, -0.05) is 0 Å². The third-order valence-electron chi connectivity index (χ3n) is 1.66. The zero-order valence-corrected chi connectivity index (χ0v) is 8.03. The number of nitrogens with one attached hydrogen (secondary N) is 1. The molecule has 1 amide bonds. The lowest BCUT2D eigenvalue weighted by Crippen LogP contribution is -2.38. The summed E-state index contributed by atoms with van der Waals surface area (Å²) >= 11 is 0. The van der Waals surface area contributed by atoms with E-state index in [1.807, 2.05) is 0 Å². The maximum atomic E-state index is 11.0. The van der Waals surface area contributed by atoms with Crippen LogP contribution in [-0.4, -0.2) is 36.7 Å². The molecule has 0 rings (SSSR count). The minimum absolute atomic E-state index is 0.0969. The average Bonchev–Trinajstić information content (AvgIpc) is 2.03. The topological polar surface area (TPSA) is 75.6 Å². The Labute approximate surface area is 77.1 Å². The molecule has 0 aliphatic carbocycles. The third kappa shape index (κ3) is 4.47. The number of aliphatic hydroxyl groups excluding tert-OH is 1. The molecule has 0 fully saturated rings. The fraction of sp³-hybridized carbons (Fsp3) is 0.750. The van der Waals surface area contributed by atoms with Gasteiger partial charge in [0.15, 0.2) is 0 Å². The number of methoxy groups -OCH3 is 1. The Bertz CT molecular complexity index is 191. The third-order valence-corrected chi connectivity index (χ3v) is 1.66.